The van der Waals surface area contributed by atoms with E-state index in [0.717, 1.165) is 6.42 Å². The van der Waals surface area contributed by atoms with E-state index in [-0.39, 0.29) is 4.91 Å². The lowest BCUT2D eigenvalue weighted by molar-refractivity contribution is 0.278. The summed E-state index contributed by atoms with van der Waals surface area (Å²) >= 11 is -1.41. The minimum Gasteiger partial charge on any atom is -0.283 e. The van der Waals surface area contributed by atoms with Gasteiger partial charge in [0.2, 0.25) is 0 Å². The van der Waals surface area contributed by atoms with Gasteiger partial charge in [-0.1, -0.05) is 13.0 Å². The molecule has 5 nitrogen and oxygen atoms in total. The van der Waals surface area contributed by atoms with Crippen LogP contribution in [0.5, 0.6) is 0 Å². The molecule has 0 heterocycles. The quantitative estimate of drug-likeness (QED) is 0.756. The van der Waals surface area contributed by atoms with Crippen LogP contribution in [0, 0.1) is 0 Å². The van der Waals surface area contributed by atoms with Crippen LogP contribution in [-0.4, -0.2) is 29.0 Å². The van der Waals surface area contributed by atoms with E-state index in [4.69, 9.17) is 8.74 Å². The van der Waals surface area contributed by atoms with Crippen LogP contribution in [0.25, 0.3) is 0 Å². The highest BCUT2D eigenvalue weighted by Gasteiger charge is 2.19. The van der Waals surface area contributed by atoms with Gasteiger partial charge in [0, 0.05) is 5.75 Å². The standard InChI is InChI=1S/C9H14O5S2/c1-2-6-15(10)14-8-4-3-5-9(7-8)16(11,12)13/h3,5,7-8H,2,4,6H2,1H3,(H,11,12,13). The summed E-state index contributed by atoms with van der Waals surface area (Å²) in [7, 11) is -4.21. The van der Waals surface area contributed by atoms with E-state index in [9.17, 15) is 12.6 Å². The van der Waals surface area contributed by atoms with E-state index in [1.54, 1.807) is 6.08 Å². The number of hydrogen-bond acceptors (Lipinski definition) is 4. The monoisotopic (exact) mass is 266 g/mol. The minimum atomic E-state index is -4.21. The van der Waals surface area contributed by atoms with E-state index >= 15 is 0 Å². The number of hydrogen-bond donors (Lipinski definition) is 1. The molecule has 1 N–H and O–H groups in total. The van der Waals surface area contributed by atoms with Gasteiger partial charge in [0.25, 0.3) is 10.1 Å². The molecule has 0 amide bonds. The van der Waals surface area contributed by atoms with Crippen molar-refractivity contribution in [3.05, 3.63) is 23.1 Å². The van der Waals surface area contributed by atoms with E-state index in [1.165, 1.54) is 12.2 Å². The Balaban J connectivity index is 2.69. The molecule has 0 spiro atoms. The summed E-state index contributed by atoms with van der Waals surface area (Å²) in [5.41, 5.74) is 0. The fraction of sp³-hybridized carbons (Fsp3) is 0.556. The molecule has 7 heteroatoms. The fourth-order valence-electron chi connectivity index (χ4n) is 1.22. The van der Waals surface area contributed by atoms with Gasteiger partial charge in [-0.25, -0.2) is 4.21 Å². The molecule has 0 fully saturated rings. The molecule has 0 bridgehead atoms. The lowest BCUT2D eigenvalue weighted by atomic mass is 10.1. The molecule has 92 valence electrons. The third-order valence-corrected chi connectivity index (χ3v) is 3.97. The second-order valence-electron chi connectivity index (χ2n) is 3.32. The smallest absolute Gasteiger partial charge is 0.283 e. The molecule has 0 saturated carbocycles. The molecular formula is C9H14O5S2. The van der Waals surface area contributed by atoms with Crippen LogP contribution in [0.2, 0.25) is 0 Å². The Morgan fingerprint density at radius 1 is 1.62 bits per heavy atom. The molecule has 0 aromatic carbocycles. The molecular weight excluding hydrogens is 252 g/mol. The lowest BCUT2D eigenvalue weighted by Gasteiger charge is -2.15. The summed E-state index contributed by atoms with van der Waals surface area (Å²) in [6.07, 6.45) is 4.75. The van der Waals surface area contributed by atoms with Gasteiger partial charge in [-0.3, -0.25) is 8.74 Å². The molecule has 2 unspecified atom stereocenters. The van der Waals surface area contributed by atoms with E-state index in [1.807, 2.05) is 6.92 Å². The Hall–Kier alpha value is -0.500. The van der Waals surface area contributed by atoms with E-state index in [2.05, 4.69) is 0 Å². The maximum absolute atomic E-state index is 11.3. The maximum Gasteiger partial charge on any atom is 0.294 e. The Bertz CT molecular complexity index is 421. The SMILES string of the molecule is CCCS(=O)OC1C=C(S(=O)(=O)O)C=CC1. The summed E-state index contributed by atoms with van der Waals surface area (Å²) in [4.78, 5) is -0.211. The van der Waals surface area contributed by atoms with Crippen LogP contribution >= 0.6 is 0 Å². The fourth-order valence-corrected chi connectivity index (χ4v) is 2.65. The van der Waals surface area contributed by atoms with Gasteiger partial charge >= 0.3 is 0 Å². The summed E-state index contributed by atoms with van der Waals surface area (Å²) in [5, 5.41) is 0. The molecule has 0 aromatic heterocycles. The Morgan fingerprint density at radius 2 is 2.31 bits per heavy atom. The maximum atomic E-state index is 11.3. The molecule has 1 rings (SSSR count). The molecule has 0 radical (unpaired) electrons. The predicted molar refractivity (Wildman–Crippen MR) is 61.6 cm³/mol. The van der Waals surface area contributed by atoms with Crippen LogP contribution in [0.15, 0.2) is 23.1 Å². The van der Waals surface area contributed by atoms with Crippen molar-refractivity contribution in [2.24, 2.45) is 0 Å². The van der Waals surface area contributed by atoms with Crippen molar-refractivity contribution in [3.63, 3.8) is 0 Å². The van der Waals surface area contributed by atoms with Crippen molar-refractivity contribution >= 4 is 21.2 Å². The number of allylic oxidation sites excluding steroid dienone is 1. The zero-order valence-electron chi connectivity index (χ0n) is 8.83. The third kappa shape index (κ3) is 4.17. The van der Waals surface area contributed by atoms with Crippen LogP contribution in [0.3, 0.4) is 0 Å². The summed E-state index contributed by atoms with van der Waals surface area (Å²) in [6.45, 7) is 1.88. The largest absolute Gasteiger partial charge is 0.294 e. The second kappa shape index (κ2) is 5.72. The molecule has 1 aliphatic rings. The Morgan fingerprint density at radius 3 is 2.88 bits per heavy atom. The lowest BCUT2D eigenvalue weighted by Crippen LogP contribution is -2.17. The van der Waals surface area contributed by atoms with Crippen LogP contribution in [-0.2, 0) is 25.4 Å². The van der Waals surface area contributed by atoms with Crippen molar-refractivity contribution in [1.29, 1.82) is 0 Å². The Kier molecular flexibility index (Phi) is 4.85. The molecule has 0 saturated heterocycles. The van der Waals surface area contributed by atoms with Crippen molar-refractivity contribution in [3.8, 4) is 0 Å². The van der Waals surface area contributed by atoms with E-state index in [0.29, 0.717) is 12.2 Å². The van der Waals surface area contributed by atoms with Gasteiger partial charge in [0.05, 0.1) is 11.0 Å². The molecule has 0 aromatic rings. The minimum absolute atomic E-state index is 0.211. The summed E-state index contributed by atoms with van der Waals surface area (Å²) in [5.74, 6) is 0.412. The van der Waals surface area contributed by atoms with Crippen LogP contribution < -0.4 is 0 Å². The molecule has 16 heavy (non-hydrogen) atoms. The number of rotatable bonds is 5. The topological polar surface area (TPSA) is 80.7 Å². The summed E-state index contributed by atoms with van der Waals surface area (Å²) < 4.78 is 46.9. The predicted octanol–water partition coefficient (Wildman–Crippen LogP) is 1.18. The van der Waals surface area contributed by atoms with Crippen molar-refractivity contribution < 1.29 is 21.4 Å². The highest BCUT2D eigenvalue weighted by molar-refractivity contribution is 7.90. The normalized spacial score (nSPS) is 22.9. The van der Waals surface area contributed by atoms with Crippen LogP contribution in [0.4, 0.5) is 0 Å². The second-order valence-corrected chi connectivity index (χ2v) is 5.95. The van der Waals surface area contributed by atoms with Gasteiger partial charge in [0.1, 0.15) is 0 Å². The van der Waals surface area contributed by atoms with Crippen molar-refractivity contribution in [1.82, 2.24) is 0 Å². The van der Waals surface area contributed by atoms with Gasteiger partial charge in [-0.2, -0.15) is 8.42 Å². The molecule has 0 aliphatic heterocycles. The first-order valence-corrected chi connectivity index (χ1v) is 7.53. The average molecular weight is 266 g/mol. The Labute approximate surface area is 97.6 Å². The highest BCUT2D eigenvalue weighted by atomic mass is 32.2. The molecule has 2 atom stereocenters. The summed E-state index contributed by atoms with van der Waals surface area (Å²) in [6, 6.07) is 0. The van der Waals surface area contributed by atoms with Gasteiger partial charge in [-0.15, -0.1) is 0 Å². The first-order valence-electron chi connectivity index (χ1n) is 4.85. The van der Waals surface area contributed by atoms with Gasteiger partial charge in [0.15, 0.2) is 11.1 Å². The van der Waals surface area contributed by atoms with Gasteiger partial charge in [-0.05, 0) is 25.0 Å². The van der Waals surface area contributed by atoms with E-state index < -0.39 is 27.3 Å². The van der Waals surface area contributed by atoms with Crippen molar-refractivity contribution in [2.75, 3.05) is 5.75 Å². The zero-order chi connectivity index (χ0) is 12.2. The van der Waals surface area contributed by atoms with Gasteiger partial charge < -0.3 is 0 Å². The first-order chi connectivity index (χ1) is 7.43. The highest BCUT2D eigenvalue weighted by Crippen LogP contribution is 2.18. The molecule has 1 aliphatic carbocycles. The van der Waals surface area contributed by atoms with Crippen molar-refractivity contribution in [2.45, 2.75) is 25.9 Å². The first kappa shape index (κ1) is 13.6. The van der Waals surface area contributed by atoms with Crippen LogP contribution in [0.1, 0.15) is 19.8 Å². The third-order valence-electron chi connectivity index (χ3n) is 1.90. The zero-order valence-corrected chi connectivity index (χ0v) is 10.5. The average Bonchev–Trinajstić information content (AvgIpc) is 2.17.